The zero-order chi connectivity index (χ0) is 17.8. The van der Waals surface area contributed by atoms with Gasteiger partial charge < -0.3 is 10.2 Å². The summed E-state index contributed by atoms with van der Waals surface area (Å²) in [7, 11) is 0. The largest absolute Gasteiger partial charge is 0.371 e. The van der Waals surface area contributed by atoms with E-state index in [0.29, 0.717) is 6.54 Å². The Hall–Kier alpha value is -2.60. The van der Waals surface area contributed by atoms with E-state index >= 15 is 0 Å². The van der Waals surface area contributed by atoms with Crippen LogP contribution in [-0.4, -0.2) is 23.9 Å². The van der Waals surface area contributed by atoms with Crippen LogP contribution < -0.4 is 10.2 Å². The first kappa shape index (κ1) is 17.2. The number of benzene rings is 2. The second-order valence-corrected chi connectivity index (χ2v) is 6.36. The summed E-state index contributed by atoms with van der Waals surface area (Å²) in [5.41, 5.74) is 1.81. The smallest absolute Gasteiger partial charge is 0.283 e. The van der Waals surface area contributed by atoms with Gasteiger partial charge in [0.05, 0.1) is 4.92 Å². The first-order valence-electron chi connectivity index (χ1n) is 8.11. The quantitative estimate of drug-likeness (QED) is 0.651. The highest BCUT2D eigenvalue weighted by Crippen LogP contribution is 2.26. The number of carbonyl (C=O) groups is 1. The third kappa shape index (κ3) is 3.91. The van der Waals surface area contributed by atoms with Crippen LogP contribution in [0.2, 0.25) is 5.02 Å². The SMILES string of the molecule is O=C(NCc1ccccc1N1CCCC1)c1ccc(Cl)cc1[N+](=O)[O-]. The van der Waals surface area contributed by atoms with Crippen LogP contribution in [0.25, 0.3) is 0 Å². The van der Waals surface area contributed by atoms with Crippen molar-refractivity contribution in [2.24, 2.45) is 0 Å². The van der Waals surface area contributed by atoms with Gasteiger partial charge in [-0.25, -0.2) is 0 Å². The lowest BCUT2D eigenvalue weighted by Gasteiger charge is -2.21. The number of nitrogens with one attached hydrogen (secondary N) is 1. The molecule has 0 bridgehead atoms. The number of carbonyl (C=O) groups excluding carboxylic acids is 1. The summed E-state index contributed by atoms with van der Waals surface area (Å²) in [6.07, 6.45) is 2.33. The van der Waals surface area contributed by atoms with Crippen molar-refractivity contribution >= 4 is 28.9 Å². The Bertz CT molecular complexity index is 804. The topological polar surface area (TPSA) is 75.5 Å². The molecule has 1 N–H and O–H groups in total. The minimum Gasteiger partial charge on any atom is -0.371 e. The molecule has 0 radical (unpaired) electrons. The summed E-state index contributed by atoms with van der Waals surface area (Å²) in [6.45, 7) is 2.33. The normalized spacial score (nSPS) is 13.7. The molecule has 1 amide bonds. The maximum absolute atomic E-state index is 12.4. The van der Waals surface area contributed by atoms with Gasteiger partial charge in [-0.15, -0.1) is 0 Å². The van der Waals surface area contributed by atoms with Crippen molar-refractivity contribution in [1.29, 1.82) is 0 Å². The average molecular weight is 360 g/mol. The maximum Gasteiger partial charge on any atom is 0.283 e. The molecule has 0 aromatic heterocycles. The van der Waals surface area contributed by atoms with E-state index in [9.17, 15) is 14.9 Å². The van der Waals surface area contributed by atoms with E-state index in [4.69, 9.17) is 11.6 Å². The molecule has 3 rings (SSSR count). The lowest BCUT2D eigenvalue weighted by molar-refractivity contribution is -0.385. The summed E-state index contributed by atoms with van der Waals surface area (Å²) in [6, 6.07) is 11.9. The summed E-state index contributed by atoms with van der Waals surface area (Å²) in [4.78, 5) is 25.3. The van der Waals surface area contributed by atoms with Gasteiger partial charge in [0.2, 0.25) is 0 Å². The Morgan fingerprint density at radius 3 is 2.64 bits per heavy atom. The number of rotatable bonds is 5. The zero-order valence-corrected chi connectivity index (χ0v) is 14.3. The molecule has 0 atom stereocenters. The van der Waals surface area contributed by atoms with E-state index in [1.54, 1.807) is 0 Å². The number of amides is 1. The van der Waals surface area contributed by atoms with Gasteiger partial charge in [-0.1, -0.05) is 29.8 Å². The fourth-order valence-corrected chi connectivity index (χ4v) is 3.21. The number of para-hydroxylation sites is 1. The van der Waals surface area contributed by atoms with Crippen molar-refractivity contribution < 1.29 is 9.72 Å². The second kappa shape index (κ2) is 7.53. The van der Waals surface area contributed by atoms with Gasteiger partial charge in [-0.05, 0) is 36.6 Å². The number of nitrogens with zero attached hydrogens (tertiary/aromatic N) is 2. The summed E-state index contributed by atoms with van der Waals surface area (Å²) < 4.78 is 0. The van der Waals surface area contributed by atoms with Crippen LogP contribution >= 0.6 is 11.6 Å². The predicted molar refractivity (Wildman–Crippen MR) is 97.2 cm³/mol. The van der Waals surface area contributed by atoms with E-state index in [1.165, 1.54) is 18.2 Å². The van der Waals surface area contributed by atoms with Gasteiger partial charge in [0.25, 0.3) is 11.6 Å². The molecule has 6 nitrogen and oxygen atoms in total. The highest BCUT2D eigenvalue weighted by Gasteiger charge is 2.21. The molecule has 2 aromatic carbocycles. The third-order valence-electron chi connectivity index (χ3n) is 4.28. The Kier molecular flexibility index (Phi) is 5.19. The molecule has 1 aliphatic rings. The molecule has 1 saturated heterocycles. The van der Waals surface area contributed by atoms with Crippen LogP contribution in [0.3, 0.4) is 0 Å². The van der Waals surface area contributed by atoms with Gasteiger partial charge in [-0.2, -0.15) is 0 Å². The molecule has 7 heteroatoms. The molecule has 0 unspecified atom stereocenters. The molecule has 1 aliphatic heterocycles. The molecule has 2 aromatic rings. The van der Waals surface area contributed by atoms with Gasteiger partial charge in [0, 0.05) is 36.4 Å². The molecular formula is C18H18ClN3O3. The van der Waals surface area contributed by atoms with Crippen molar-refractivity contribution in [2.45, 2.75) is 19.4 Å². The van der Waals surface area contributed by atoms with Crippen molar-refractivity contribution in [3.05, 3.63) is 68.7 Å². The number of halogens is 1. The Balaban J connectivity index is 1.76. The molecule has 1 fully saturated rings. The monoisotopic (exact) mass is 359 g/mol. The van der Waals surface area contributed by atoms with E-state index in [2.05, 4.69) is 10.2 Å². The molecule has 0 spiro atoms. The first-order chi connectivity index (χ1) is 12.1. The minimum absolute atomic E-state index is 0.00746. The Labute approximate surface area is 150 Å². The van der Waals surface area contributed by atoms with Gasteiger partial charge in [0.1, 0.15) is 5.56 Å². The van der Waals surface area contributed by atoms with E-state index in [1.807, 2.05) is 24.3 Å². The van der Waals surface area contributed by atoms with Crippen molar-refractivity contribution in [2.75, 3.05) is 18.0 Å². The van der Waals surface area contributed by atoms with Gasteiger partial charge in [0.15, 0.2) is 0 Å². The molecule has 130 valence electrons. The van der Waals surface area contributed by atoms with Crippen molar-refractivity contribution in [3.63, 3.8) is 0 Å². The van der Waals surface area contributed by atoms with Gasteiger partial charge in [-0.3, -0.25) is 14.9 Å². The van der Waals surface area contributed by atoms with E-state index < -0.39 is 10.8 Å². The zero-order valence-electron chi connectivity index (χ0n) is 13.6. The lowest BCUT2D eigenvalue weighted by atomic mass is 10.1. The predicted octanol–water partition coefficient (Wildman–Crippen LogP) is 3.78. The maximum atomic E-state index is 12.4. The van der Waals surface area contributed by atoms with Crippen LogP contribution in [0.1, 0.15) is 28.8 Å². The van der Waals surface area contributed by atoms with E-state index in [0.717, 1.165) is 37.2 Å². The summed E-state index contributed by atoms with van der Waals surface area (Å²) >= 11 is 5.79. The number of nitro groups is 1. The average Bonchev–Trinajstić information content (AvgIpc) is 3.14. The van der Waals surface area contributed by atoms with Crippen molar-refractivity contribution in [1.82, 2.24) is 5.32 Å². The lowest BCUT2D eigenvalue weighted by Crippen LogP contribution is -2.26. The van der Waals surface area contributed by atoms with E-state index in [-0.39, 0.29) is 16.3 Å². The van der Waals surface area contributed by atoms with Crippen LogP contribution in [0.4, 0.5) is 11.4 Å². The number of anilines is 1. The van der Waals surface area contributed by atoms with Gasteiger partial charge >= 0.3 is 0 Å². The summed E-state index contributed by atoms with van der Waals surface area (Å²) in [5.74, 6) is -0.486. The number of nitro benzene ring substituents is 1. The second-order valence-electron chi connectivity index (χ2n) is 5.92. The molecule has 0 aliphatic carbocycles. The van der Waals surface area contributed by atoms with Crippen LogP contribution in [-0.2, 0) is 6.54 Å². The Morgan fingerprint density at radius 1 is 1.20 bits per heavy atom. The van der Waals surface area contributed by atoms with Crippen LogP contribution in [0.5, 0.6) is 0 Å². The van der Waals surface area contributed by atoms with Crippen LogP contribution in [0, 0.1) is 10.1 Å². The minimum atomic E-state index is -0.598. The molecule has 25 heavy (non-hydrogen) atoms. The highest BCUT2D eigenvalue weighted by atomic mass is 35.5. The molecule has 1 heterocycles. The highest BCUT2D eigenvalue weighted by molar-refractivity contribution is 6.31. The Morgan fingerprint density at radius 2 is 1.92 bits per heavy atom. The van der Waals surface area contributed by atoms with Crippen LogP contribution in [0.15, 0.2) is 42.5 Å². The molecular weight excluding hydrogens is 342 g/mol. The third-order valence-corrected chi connectivity index (χ3v) is 4.51. The number of hydrogen-bond donors (Lipinski definition) is 1. The summed E-state index contributed by atoms with van der Waals surface area (Å²) in [5, 5.41) is 14.1. The number of hydrogen-bond acceptors (Lipinski definition) is 4. The van der Waals surface area contributed by atoms with Crippen molar-refractivity contribution in [3.8, 4) is 0 Å². The standard InChI is InChI=1S/C18H18ClN3O3/c19-14-7-8-15(17(11-14)22(24)25)18(23)20-12-13-5-1-2-6-16(13)21-9-3-4-10-21/h1-2,5-8,11H,3-4,9-10,12H2,(H,20,23). The fourth-order valence-electron chi connectivity index (χ4n) is 3.05. The molecule has 0 saturated carbocycles. The first-order valence-corrected chi connectivity index (χ1v) is 8.49. The fraction of sp³-hybridized carbons (Fsp3) is 0.278.